The van der Waals surface area contributed by atoms with Crippen molar-refractivity contribution in [3.63, 3.8) is 0 Å². The van der Waals surface area contributed by atoms with Gasteiger partial charge in [0.2, 0.25) is 0 Å². The standard InChI is InChI=1S/C18H30O14/c19-3-7-10(23)11(24)13(26)17(29-7)32-16-9(5-21)30-18(14(27)12(16)25)31-15-6(22)1-2-28-8(15)4-20/h1-2,6-27H,3-5H2/t6?,7?,8?,9?,10-,11-,12+,13?,14?,15+,16-,17-,18-/m0/s1. The fourth-order valence-corrected chi connectivity index (χ4v) is 3.77. The molecule has 0 saturated carbocycles. The predicted octanol–water partition coefficient (Wildman–Crippen LogP) is -5.74. The molecule has 186 valence electrons. The van der Waals surface area contributed by atoms with E-state index >= 15 is 0 Å². The van der Waals surface area contributed by atoms with E-state index in [9.17, 15) is 46.0 Å². The summed E-state index contributed by atoms with van der Waals surface area (Å²) in [4.78, 5) is 0. The second-order valence-corrected chi connectivity index (χ2v) is 7.78. The molecule has 0 radical (unpaired) electrons. The van der Waals surface area contributed by atoms with Crippen molar-refractivity contribution in [2.45, 2.75) is 79.7 Å². The average Bonchev–Trinajstić information content (AvgIpc) is 2.79. The van der Waals surface area contributed by atoms with Gasteiger partial charge in [0.25, 0.3) is 0 Å². The second kappa shape index (κ2) is 11.0. The molecule has 32 heavy (non-hydrogen) atoms. The Bertz CT molecular complexity index is 616. The quantitative estimate of drug-likeness (QED) is 0.169. The van der Waals surface area contributed by atoms with E-state index < -0.39 is 99.5 Å². The molecule has 3 aliphatic heterocycles. The van der Waals surface area contributed by atoms with Gasteiger partial charge in [-0.05, 0) is 6.08 Å². The van der Waals surface area contributed by atoms with Gasteiger partial charge in [-0.2, -0.15) is 0 Å². The molecule has 3 aliphatic rings. The summed E-state index contributed by atoms with van der Waals surface area (Å²) >= 11 is 0. The lowest BCUT2D eigenvalue weighted by Gasteiger charge is -2.46. The van der Waals surface area contributed by atoms with E-state index in [4.69, 9.17) is 23.7 Å². The molecule has 14 heteroatoms. The first kappa shape index (κ1) is 25.6. The van der Waals surface area contributed by atoms with Crippen LogP contribution in [0.25, 0.3) is 0 Å². The largest absolute Gasteiger partial charge is 0.493 e. The van der Waals surface area contributed by atoms with E-state index in [0.717, 1.165) is 0 Å². The molecule has 0 aromatic heterocycles. The van der Waals surface area contributed by atoms with E-state index in [1.165, 1.54) is 12.3 Å². The SMILES string of the molecule is OCC1OC=CC(O)[C@H]1O[C@@H]1OC(CO)[C@H](O[C@@H]2OC(CO)[C@H](O)[C@H](O)C2O)[C@H](O)C1O. The highest BCUT2D eigenvalue weighted by Crippen LogP contribution is 2.31. The molecule has 0 aromatic carbocycles. The van der Waals surface area contributed by atoms with Gasteiger partial charge in [-0.1, -0.05) is 0 Å². The van der Waals surface area contributed by atoms with E-state index in [2.05, 4.69) is 0 Å². The van der Waals surface area contributed by atoms with Crippen LogP contribution in [-0.4, -0.2) is 146 Å². The Morgan fingerprint density at radius 2 is 1.12 bits per heavy atom. The van der Waals surface area contributed by atoms with Gasteiger partial charge in [-0.25, -0.2) is 0 Å². The lowest BCUT2D eigenvalue weighted by atomic mass is 9.96. The molecule has 3 heterocycles. The third-order valence-corrected chi connectivity index (χ3v) is 5.66. The summed E-state index contributed by atoms with van der Waals surface area (Å²) < 4.78 is 26.8. The number of hydrogen-bond donors (Lipinski definition) is 9. The molecule has 0 amide bonds. The number of aliphatic hydroxyl groups excluding tert-OH is 9. The third-order valence-electron chi connectivity index (χ3n) is 5.66. The van der Waals surface area contributed by atoms with Crippen molar-refractivity contribution in [2.24, 2.45) is 0 Å². The first-order chi connectivity index (χ1) is 15.2. The monoisotopic (exact) mass is 470 g/mol. The van der Waals surface area contributed by atoms with Crippen LogP contribution < -0.4 is 0 Å². The van der Waals surface area contributed by atoms with Crippen LogP contribution in [0, 0.1) is 0 Å². The summed E-state index contributed by atoms with van der Waals surface area (Å²) in [5.74, 6) is 0. The summed E-state index contributed by atoms with van der Waals surface area (Å²) in [5.41, 5.74) is 0. The number of hydrogen-bond acceptors (Lipinski definition) is 14. The second-order valence-electron chi connectivity index (χ2n) is 7.78. The van der Waals surface area contributed by atoms with Gasteiger partial charge in [0, 0.05) is 0 Å². The van der Waals surface area contributed by atoms with Crippen molar-refractivity contribution in [3.05, 3.63) is 12.3 Å². The Kier molecular flexibility index (Phi) is 8.78. The zero-order valence-corrected chi connectivity index (χ0v) is 16.8. The Morgan fingerprint density at radius 1 is 0.594 bits per heavy atom. The van der Waals surface area contributed by atoms with Crippen LogP contribution in [0.4, 0.5) is 0 Å². The molecule has 13 atom stereocenters. The summed E-state index contributed by atoms with van der Waals surface area (Å²) in [6.07, 6.45) is -16.9. The molecule has 3 rings (SSSR count). The van der Waals surface area contributed by atoms with Crippen LogP contribution in [0.15, 0.2) is 12.3 Å². The van der Waals surface area contributed by atoms with Crippen LogP contribution in [-0.2, 0) is 23.7 Å². The van der Waals surface area contributed by atoms with Crippen molar-refractivity contribution in [2.75, 3.05) is 19.8 Å². The first-order valence-corrected chi connectivity index (χ1v) is 10.1. The molecule has 0 aromatic rings. The molecule has 9 N–H and O–H groups in total. The summed E-state index contributed by atoms with van der Waals surface area (Å²) in [6, 6.07) is 0. The fourth-order valence-electron chi connectivity index (χ4n) is 3.77. The van der Waals surface area contributed by atoms with E-state index in [0.29, 0.717) is 0 Å². The van der Waals surface area contributed by atoms with Crippen molar-refractivity contribution in [3.8, 4) is 0 Å². The maximum absolute atomic E-state index is 10.6. The minimum atomic E-state index is -1.78. The fraction of sp³-hybridized carbons (Fsp3) is 0.889. The Labute approximate surface area is 182 Å². The maximum Gasteiger partial charge on any atom is 0.187 e. The third kappa shape index (κ3) is 5.07. The molecule has 2 fully saturated rings. The molecule has 0 bridgehead atoms. The van der Waals surface area contributed by atoms with Gasteiger partial charge in [0.05, 0.1) is 26.1 Å². The highest BCUT2D eigenvalue weighted by atomic mass is 16.7. The van der Waals surface area contributed by atoms with Gasteiger partial charge in [-0.3, -0.25) is 0 Å². The Hall–Kier alpha value is -0.980. The van der Waals surface area contributed by atoms with Crippen molar-refractivity contribution in [1.29, 1.82) is 0 Å². The zero-order chi connectivity index (χ0) is 23.6. The molecule has 14 nitrogen and oxygen atoms in total. The van der Waals surface area contributed by atoms with Crippen LogP contribution in [0.5, 0.6) is 0 Å². The van der Waals surface area contributed by atoms with Crippen molar-refractivity contribution in [1.82, 2.24) is 0 Å². The molecule has 2 saturated heterocycles. The zero-order valence-electron chi connectivity index (χ0n) is 16.8. The van der Waals surface area contributed by atoms with E-state index in [1.54, 1.807) is 0 Å². The lowest BCUT2D eigenvalue weighted by Crippen LogP contribution is -2.65. The smallest absolute Gasteiger partial charge is 0.187 e. The lowest BCUT2D eigenvalue weighted by molar-refractivity contribution is -0.366. The topological polar surface area (TPSA) is 228 Å². The van der Waals surface area contributed by atoms with Crippen molar-refractivity contribution < 1.29 is 69.6 Å². The maximum atomic E-state index is 10.6. The normalized spacial score (nSPS) is 49.6. The molecule has 0 aliphatic carbocycles. The molecular weight excluding hydrogens is 440 g/mol. The van der Waals surface area contributed by atoms with Crippen LogP contribution in [0.3, 0.4) is 0 Å². The summed E-state index contributed by atoms with van der Waals surface area (Å²) in [7, 11) is 0. The van der Waals surface area contributed by atoms with Crippen LogP contribution in [0.2, 0.25) is 0 Å². The van der Waals surface area contributed by atoms with E-state index in [1.807, 2.05) is 0 Å². The Morgan fingerprint density at radius 3 is 1.72 bits per heavy atom. The van der Waals surface area contributed by atoms with Crippen LogP contribution in [0.1, 0.15) is 0 Å². The first-order valence-electron chi connectivity index (χ1n) is 10.1. The van der Waals surface area contributed by atoms with Gasteiger partial charge in [0.1, 0.15) is 67.1 Å². The van der Waals surface area contributed by atoms with Crippen LogP contribution >= 0.6 is 0 Å². The number of aliphatic hydroxyl groups is 9. The average molecular weight is 470 g/mol. The van der Waals surface area contributed by atoms with Crippen molar-refractivity contribution >= 4 is 0 Å². The summed E-state index contributed by atoms with van der Waals surface area (Å²) in [5, 5.41) is 89.4. The molecule has 0 spiro atoms. The number of rotatable bonds is 7. The highest BCUT2D eigenvalue weighted by molar-refractivity contribution is 4.99. The molecule has 6 unspecified atom stereocenters. The van der Waals surface area contributed by atoms with Gasteiger partial charge in [-0.15, -0.1) is 0 Å². The van der Waals surface area contributed by atoms with E-state index in [-0.39, 0.29) is 0 Å². The molecular formula is C18H30O14. The predicted molar refractivity (Wildman–Crippen MR) is 98.4 cm³/mol. The number of ether oxygens (including phenoxy) is 5. The highest BCUT2D eigenvalue weighted by Gasteiger charge is 2.51. The van der Waals surface area contributed by atoms with Gasteiger partial charge >= 0.3 is 0 Å². The minimum Gasteiger partial charge on any atom is -0.493 e. The minimum absolute atomic E-state index is 0.524. The van der Waals surface area contributed by atoms with Gasteiger partial charge in [0.15, 0.2) is 12.6 Å². The van der Waals surface area contributed by atoms with Gasteiger partial charge < -0.3 is 69.6 Å². The summed E-state index contributed by atoms with van der Waals surface area (Å²) in [6.45, 7) is -1.97. The Balaban J connectivity index is 1.70.